The number of aliphatic hydroxyl groups excluding tert-OH is 6. The van der Waals surface area contributed by atoms with Gasteiger partial charge in [-0.3, -0.25) is 4.79 Å². The standard InChI is InChI=1S/C46H91NO9/c1-3-5-7-9-11-13-15-17-18-19-20-21-22-23-25-27-29-31-33-35-41(50)47-38(37-55-46-45(54)44(53)43(52)40(36-48)56-46)42(51)39(49)34-32-30-28-26-24-16-14-12-10-8-6-4-2/h38-40,42-46,48-49,51-54H,3-37H2,1-2H3,(H,47,50)/t38?,39?,40-,42?,43+,44+,45-,46+/m1/s1. The first-order valence-electron chi connectivity index (χ1n) is 23.8. The molecular formula is C46H91NO9. The van der Waals surface area contributed by atoms with E-state index >= 15 is 0 Å². The molecule has 0 spiro atoms. The molecule has 10 nitrogen and oxygen atoms in total. The lowest BCUT2D eigenvalue weighted by Gasteiger charge is -2.40. The van der Waals surface area contributed by atoms with Crippen molar-refractivity contribution in [2.24, 2.45) is 0 Å². The highest BCUT2D eigenvalue weighted by Crippen LogP contribution is 2.23. The quantitative estimate of drug-likeness (QED) is 0.0299. The number of hydrogen-bond donors (Lipinski definition) is 7. The molecule has 56 heavy (non-hydrogen) atoms. The third-order valence-corrected chi connectivity index (χ3v) is 11.8. The molecule has 1 aliphatic heterocycles. The molecule has 1 rings (SSSR count). The highest BCUT2D eigenvalue weighted by molar-refractivity contribution is 5.76. The van der Waals surface area contributed by atoms with Gasteiger partial charge in [0.25, 0.3) is 0 Å². The van der Waals surface area contributed by atoms with Crippen LogP contribution in [0.15, 0.2) is 0 Å². The van der Waals surface area contributed by atoms with E-state index in [4.69, 9.17) is 9.47 Å². The molecule has 0 aromatic heterocycles. The van der Waals surface area contributed by atoms with Gasteiger partial charge in [0.2, 0.25) is 5.91 Å². The Morgan fingerprint density at radius 3 is 1.32 bits per heavy atom. The molecule has 334 valence electrons. The number of unbranched alkanes of at least 4 members (excludes halogenated alkanes) is 29. The first kappa shape index (κ1) is 53.2. The predicted molar refractivity (Wildman–Crippen MR) is 227 cm³/mol. The summed E-state index contributed by atoms with van der Waals surface area (Å²) in [5.41, 5.74) is 0. The van der Waals surface area contributed by atoms with Gasteiger partial charge < -0.3 is 45.4 Å². The average Bonchev–Trinajstić information content (AvgIpc) is 3.20. The van der Waals surface area contributed by atoms with Crippen LogP contribution in [0.1, 0.15) is 226 Å². The van der Waals surface area contributed by atoms with Crippen LogP contribution in [0.4, 0.5) is 0 Å². The smallest absolute Gasteiger partial charge is 0.220 e. The van der Waals surface area contributed by atoms with Crippen LogP contribution in [0.5, 0.6) is 0 Å². The number of carbonyl (C=O) groups is 1. The van der Waals surface area contributed by atoms with Gasteiger partial charge in [0.1, 0.15) is 30.5 Å². The molecule has 7 N–H and O–H groups in total. The van der Waals surface area contributed by atoms with Crippen LogP contribution in [-0.2, 0) is 14.3 Å². The van der Waals surface area contributed by atoms with Gasteiger partial charge in [-0.1, -0.05) is 206 Å². The summed E-state index contributed by atoms with van der Waals surface area (Å²) < 4.78 is 11.2. The highest BCUT2D eigenvalue weighted by Gasteiger charge is 2.44. The minimum absolute atomic E-state index is 0.254. The van der Waals surface area contributed by atoms with Gasteiger partial charge >= 0.3 is 0 Å². The molecule has 1 amide bonds. The zero-order valence-electron chi connectivity index (χ0n) is 36.3. The van der Waals surface area contributed by atoms with Gasteiger partial charge in [-0.05, 0) is 12.8 Å². The maximum Gasteiger partial charge on any atom is 0.220 e. The normalized spacial score (nSPS) is 21.6. The van der Waals surface area contributed by atoms with Crippen LogP contribution >= 0.6 is 0 Å². The van der Waals surface area contributed by atoms with E-state index < -0.39 is 55.6 Å². The monoisotopic (exact) mass is 802 g/mol. The van der Waals surface area contributed by atoms with Crippen molar-refractivity contribution < 1.29 is 44.9 Å². The number of carbonyl (C=O) groups excluding carboxylic acids is 1. The van der Waals surface area contributed by atoms with Crippen molar-refractivity contribution >= 4 is 5.91 Å². The van der Waals surface area contributed by atoms with Crippen molar-refractivity contribution in [1.29, 1.82) is 0 Å². The predicted octanol–water partition coefficient (Wildman–Crippen LogP) is 8.92. The Hall–Kier alpha value is -0.850. The first-order valence-corrected chi connectivity index (χ1v) is 23.8. The van der Waals surface area contributed by atoms with Gasteiger partial charge in [-0.15, -0.1) is 0 Å². The number of ether oxygens (including phenoxy) is 2. The molecule has 0 saturated carbocycles. The fourth-order valence-corrected chi connectivity index (χ4v) is 7.91. The van der Waals surface area contributed by atoms with Gasteiger partial charge in [0.15, 0.2) is 6.29 Å². The Labute approximate surface area is 343 Å². The highest BCUT2D eigenvalue weighted by atomic mass is 16.7. The zero-order chi connectivity index (χ0) is 41.1. The van der Waals surface area contributed by atoms with Crippen molar-refractivity contribution in [3.05, 3.63) is 0 Å². The summed E-state index contributed by atoms with van der Waals surface area (Å²) in [6.07, 6.45) is 29.7. The van der Waals surface area contributed by atoms with Gasteiger partial charge in [-0.2, -0.15) is 0 Å². The Kier molecular flexibility index (Phi) is 35.3. The molecule has 0 aliphatic carbocycles. The number of hydrogen-bond acceptors (Lipinski definition) is 9. The van der Waals surface area contributed by atoms with Crippen LogP contribution in [0, 0.1) is 0 Å². The molecule has 10 heteroatoms. The van der Waals surface area contributed by atoms with Crippen molar-refractivity contribution in [3.8, 4) is 0 Å². The summed E-state index contributed by atoms with van der Waals surface area (Å²) in [7, 11) is 0. The lowest BCUT2D eigenvalue weighted by Crippen LogP contribution is -2.60. The maximum absolute atomic E-state index is 13.0. The fraction of sp³-hybridized carbons (Fsp3) is 0.978. The van der Waals surface area contributed by atoms with Crippen LogP contribution in [-0.4, -0.2) is 98.7 Å². The SMILES string of the molecule is CCCCCCCCCCCCCCCCCCCCCC(=O)NC(CO[C@H]1O[C@H](CO)[C@H](O)[C@H](O)[C@H]1O)C(O)C(O)CCCCCCCCCCCCCC. The third-order valence-electron chi connectivity index (χ3n) is 11.8. The largest absolute Gasteiger partial charge is 0.394 e. The second-order valence-corrected chi connectivity index (χ2v) is 17.1. The van der Waals surface area contributed by atoms with E-state index in [9.17, 15) is 35.4 Å². The minimum Gasteiger partial charge on any atom is -0.394 e. The molecule has 1 heterocycles. The minimum atomic E-state index is -1.60. The third kappa shape index (κ3) is 27.0. The van der Waals surface area contributed by atoms with E-state index in [2.05, 4.69) is 19.2 Å². The van der Waals surface area contributed by atoms with Crippen LogP contribution in [0.3, 0.4) is 0 Å². The second-order valence-electron chi connectivity index (χ2n) is 17.1. The topological polar surface area (TPSA) is 169 Å². The molecule has 3 unspecified atom stereocenters. The number of aliphatic hydroxyl groups is 6. The number of nitrogens with one attached hydrogen (secondary N) is 1. The molecule has 0 radical (unpaired) electrons. The van der Waals surface area contributed by atoms with Crippen molar-refractivity contribution in [3.63, 3.8) is 0 Å². The van der Waals surface area contributed by atoms with Gasteiger partial charge in [0, 0.05) is 6.42 Å². The lowest BCUT2D eigenvalue weighted by atomic mass is 9.98. The van der Waals surface area contributed by atoms with Crippen molar-refractivity contribution in [1.82, 2.24) is 5.32 Å². The maximum atomic E-state index is 13.0. The number of amides is 1. The summed E-state index contributed by atoms with van der Waals surface area (Å²) in [5, 5.41) is 65.1. The summed E-state index contributed by atoms with van der Waals surface area (Å²) in [6.45, 7) is 3.62. The molecule has 8 atom stereocenters. The molecular weight excluding hydrogens is 711 g/mol. The van der Waals surface area contributed by atoms with Gasteiger partial charge in [0.05, 0.1) is 25.4 Å². The second kappa shape index (κ2) is 37.2. The summed E-state index contributed by atoms with van der Waals surface area (Å²) in [4.78, 5) is 13.0. The van der Waals surface area contributed by atoms with E-state index in [0.29, 0.717) is 6.42 Å². The lowest BCUT2D eigenvalue weighted by molar-refractivity contribution is -0.303. The molecule has 0 bridgehead atoms. The molecule has 1 saturated heterocycles. The Balaban J connectivity index is 2.34. The Morgan fingerprint density at radius 1 is 0.554 bits per heavy atom. The van der Waals surface area contributed by atoms with Crippen molar-refractivity contribution in [2.45, 2.75) is 275 Å². The average molecular weight is 802 g/mol. The molecule has 0 aromatic rings. The molecule has 1 fully saturated rings. The van der Waals surface area contributed by atoms with E-state index in [1.54, 1.807) is 0 Å². The van der Waals surface area contributed by atoms with Crippen molar-refractivity contribution in [2.75, 3.05) is 13.2 Å². The Morgan fingerprint density at radius 2 is 0.929 bits per heavy atom. The fourth-order valence-electron chi connectivity index (χ4n) is 7.91. The van der Waals surface area contributed by atoms with Crippen LogP contribution < -0.4 is 5.32 Å². The van der Waals surface area contributed by atoms with Gasteiger partial charge in [-0.25, -0.2) is 0 Å². The zero-order valence-corrected chi connectivity index (χ0v) is 36.3. The van der Waals surface area contributed by atoms with E-state index in [0.717, 1.165) is 38.5 Å². The summed E-state index contributed by atoms with van der Waals surface area (Å²) in [6, 6.07) is -0.984. The van der Waals surface area contributed by atoms with Crippen LogP contribution in [0.2, 0.25) is 0 Å². The van der Waals surface area contributed by atoms with E-state index in [1.807, 2.05) is 0 Å². The molecule has 1 aliphatic rings. The first-order chi connectivity index (χ1) is 27.3. The Bertz CT molecular complexity index is 864. The summed E-state index contributed by atoms with van der Waals surface area (Å²) >= 11 is 0. The number of rotatable bonds is 40. The summed E-state index contributed by atoms with van der Waals surface area (Å²) in [5.74, 6) is -0.254. The van der Waals surface area contributed by atoms with Crippen LogP contribution in [0.25, 0.3) is 0 Å². The van der Waals surface area contributed by atoms with E-state index in [-0.39, 0.29) is 18.9 Å². The van der Waals surface area contributed by atoms with E-state index in [1.165, 1.54) is 161 Å². The molecule has 0 aromatic carbocycles.